The van der Waals surface area contributed by atoms with Crippen molar-refractivity contribution in [2.24, 2.45) is 0 Å². The zero-order valence-electron chi connectivity index (χ0n) is 13.4. The zero-order chi connectivity index (χ0) is 15.4. The van der Waals surface area contributed by atoms with Gasteiger partial charge >= 0.3 is 6.03 Å². The van der Waals surface area contributed by atoms with E-state index < -0.39 is 0 Å². The maximum absolute atomic E-state index is 12.2. The van der Waals surface area contributed by atoms with Gasteiger partial charge < -0.3 is 10.6 Å². The third-order valence-electron chi connectivity index (χ3n) is 4.97. The van der Waals surface area contributed by atoms with Crippen molar-refractivity contribution in [3.8, 4) is 0 Å². The van der Waals surface area contributed by atoms with Gasteiger partial charge in [0.1, 0.15) is 0 Å². The molecule has 2 fully saturated rings. The number of hydrogen-bond acceptors (Lipinski definition) is 2. The van der Waals surface area contributed by atoms with Crippen LogP contribution in [-0.4, -0.2) is 35.6 Å². The Kier molecular flexibility index (Phi) is 4.98. The van der Waals surface area contributed by atoms with E-state index in [4.69, 9.17) is 0 Å². The van der Waals surface area contributed by atoms with Crippen LogP contribution in [0.15, 0.2) is 30.3 Å². The van der Waals surface area contributed by atoms with Gasteiger partial charge in [-0.3, -0.25) is 4.90 Å². The highest BCUT2D eigenvalue weighted by atomic mass is 16.2. The number of nitrogens with one attached hydrogen (secondary N) is 2. The maximum Gasteiger partial charge on any atom is 0.319 e. The summed E-state index contributed by atoms with van der Waals surface area (Å²) in [4.78, 5) is 14.9. The molecule has 0 radical (unpaired) electrons. The minimum absolute atomic E-state index is 0.0711. The Morgan fingerprint density at radius 1 is 1.18 bits per heavy atom. The Bertz CT molecular complexity index is 476. The molecule has 4 nitrogen and oxygen atoms in total. The lowest BCUT2D eigenvalue weighted by atomic mass is 9.81. The van der Waals surface area contributed by atoms with Crippen LogP contribution < -0.4 is 10.6 Å². The van der Waals surface area contributed by atoms with Gasteiger partial charge in [0.25, 0.3) is 0 Å². The number of amides is 2. The second-order valence-electron chi connectivity index (χ2n) is 6.61. The van der Waals surface area contributed by atoms with E-state index in [0.29, 0.717) is 18.1 Å². The van der Waals surface area contributed by atoms with Crippen LogP contribution in [-0.2, 0) is 0 Å². The van der Waals surface area contributed by atoms with Crippen LogP contribution in [0.5, 0.6) is 0 Å². The summed E-state index contributed by atoms with van der Waals surface area (Å²) in [6.07, 6.45) is 7.33. The summed E-state index contributed by atoms with van der Waals surface area (Å²) in [6.45, 7) is 3.46. The van der Waals surface area contributed by atoms with E-state index in [1.165, 1.54) is 32.2 Å². The maximum atomic E-state index is 12.2. The third-order valence-corrected chi connectivity index (χ3v) is 4.97. The number of benzene rings is 1. The Morgan fingerprint density at radius 3 is 2.50 bits per heavy atom. The average Bonchev–Trinajstić information content (AvgIpc) is 2.49. The van der Waals surface area contributed by atoms with E-state index in [2.05, 4.69) is 22.5 Å². The van der Waals surface area contributed by atoms with Crippen LogP contribution in [0.2, 0.25) is 0 Å². The topological polar surface area (TPSA) is 44.4 Å². The summed E-state index contributed by atoms with van der Waals surface area (Å²) in [5.74, 6) is 0. The highest BCUT2D eigenvalue weighted by Crippen LogP contribution is 2.34. The highest BCUT2D eigenvalue weighted by Gasteiger charge is 2.37. The number of piperidine rings is 2. The largest absolute Gasteiger partial charge is 0.335 e. The van der Waals surface area contributed by atoms with E-state index in [9.17, 15) is 4.79 Å². The Morgan fingerprint density at radius 2 is 1.86 bits per heavy atom. The SMILES string of the molecule is CCCN1[C@H]2CCC[C@H]1CC(NC(=O)Nc1ccccc1)C2. The van der Waals surface area contributed by atoms with Crippen LogP contribution in [0.4, 0.5) is 10.5 Å². The molecular formula is C18H27N3O. The van der Waals surface area contributed by atoms with Gasteiger partial charge in [0.2, 0.25) is 0 Å². The van der Waals surface area contributed by atoms with Crippen molar-refractivity contribution in [3.63, 3.8) is 0 Å². The van der Waals surface area contributed by atoms with Gasteiger partial charge in [-0.15, -0.1) is 0 Å². The molecule has 2 saturated heterocycles. The Balaban J connectivity index is 1.55. The number of para-hydroxylation sites is 1. The molecule has 0 saturated carbocycles. The van der Waals surface area contributed by atoms with Crippen molar-refractivity contribution in [2.45, 2.75) is 63.6 Å². The van der Waals surface area contributed by atoms with Crippen LogP contribution in [0.25, 0.3) is 0 Å². The molecule has 22 heavy (non-hydrogen) atoms. The molecule has 2 aliphatic heterocycles. The predicted molar refractivity (Wildman–Crippen MR) is 90.0 cm³/mol. The molecule has 1 aromatic carbocycles. The van der Waals surface area contributed by atoms with E-state index in [-0.39, 0.29) is 6.03 Å². The first-order valence-electron chi connectivity index (χ1n) is 8.64. The van der Waals surface area contributed by atoms with Crippen LogP contribution in [0.3, 0.4) is 0 Å². The van der Waals surface area contributed by atoms with Crippen molar-refractivity contribution < 1.29 is 4.79 Å². The number of carbonyl (C=O) groups excluding carboxylic acids is 1. The molecule has 2 aliphatic rings. The highest BCUT2D eigenvalue weighted by molar-refractivity contribution is 5.89. The van der Waals surface area contributed by atoms with Gasteiger partial charge in [0, 0.05) is 23.8 Å². The number of urea groups is 1. The summed E-state index contributed by atoms with van der Waals surface area (Å²) in [6, 6.07) is 11.2. The van der Waals surface area contributed by atoms with Gasteiger partial charge in [-0.25, -0.2) is 4.79 Å². The number of anilines is 1. The minimum Gasteiger partial charge on any atom is -0.335 e. The molecule has 0 unspecified atom stereocenters. The molecule has 0 aliphatic carbocycles. The molecule has 2 atom stereocenters. The van der Waals surface area contributed by atoms with Crippen molar-refractivity contribution in [1.82, 2.24) is 10.2 Å². The summed E-state index contributed by atoms with van der Waals surface area (Å²) in [5, 5.41) is 6.11. The van der Waals surface area contributed by atoms with Crippen LogP contribution in [0, 0.1) is 0 Å². The molecule has 1 aromatic rings. The lowest BCUT2D eigenvalue weighted by Gasteiger charge is -2.49. The summed E-state index contributed by atoms with van der Waals surface area (Å²) >= 11 is 0. The molecule has 4 heteroatoms. The number of hydrogen-bond donors (Lipinski definition) is 2. The number of fused-ring (bicyclic) bond motifs is 2. The van der Waals surface area contributed by atoms with Gasteiger partial charge in [-0.1, -0.05) is 31.5 Å². The van der Waals surface area contributed by atoms with Crippen molar-refractivity contribution in [2.75, 3.05) is 11.9 Å². The van der Waals surface area contributed by atoms with Crippen molar-refractivity contribution in [3.05, 3.63) is 30.3 Å². The third kappa shape index (κ3) is 3.61. The van der Waals surface area contributed by atoms with Gasteiger partial charge in [0.05, 0.1) is 0 Å². The standard InChI is InChI=1S/C18H27N3O/c1-2-11-21-16-9-6-10-17(21)13-15(12-16)20-18(22)19-14-7-4-3-5-8-14/h3-5,7-8,15-17H,2,6,9-13H2,1H3,(H2,19,20,22)/t16-,17-/m0/s1. The van der Waals surface area contributed by atoms with Crippen molar-refractivity contribution in [1.29, 1.82) is 0 Å². The number of carbonyl (C=O) groups is 1. The van der Waals surface area contributed by atoms with Crippen LogP contribution in [0.1, 0.15) is 45.4 Å². The zero-order valence-corrected chi connectivity index (χ0v) is 13.4. The molecule has 3 rings (SSSR count). The fraction of sp³-hybridized carbons (Fsp3) is 0.611. The van der Waals surface area contributed by atoms with Gasteiger partial charge in [0.15, 0.2) is 0 Å². The minimum atomic E-state index is -0.0711. The smallest absolute Gasteiger partial charge is 0.319 e. The predicted octanol–water partition coefficient (Wildman–Crippen LogP) is 3.60. The summed E-state index contributed by atoms with van der Waals surface area (Å²) < 4.78 is 0. The second-order valence-corrected chi connectivity index (χ2v) is 6.61. The van der Waals surface area contributed by atoms with E-state index in [1.807, 2.05) is 30.3 Å². The Hall–Kier alpha value is -1.55. The lowest BCUT2D eigenvalue weighted by molar-refractivity contribution is 0.0272. The summed E-state index contributed by atoms with van der Waals surface area (Å²) in [5.41, 5.74) is 0.851. The molecular weight excluding hydrogens is 274 g/mol. The van der Waals surface area contributed by atoms with E-state index in [0.717, 1.165) is 18.5 Å². The molecule has 0 aromatic heterocycles. The van der Waals surface area contributed by atoms with Gasteiger partial charge in [-0.2, -0.15) is 0 Å². The first-order chi connectivity index (χ1) is 10.8. The molecule has 0 spiro atoms. The number of rotatable bonds is 4. The second kappa shape index (κ2) is 7.14. The van der Waals surface area contributed by atoms with E-state index >= 15 is 0 Å². The fourth-order valence-corrected chi connectivity index (χ4v) is 4.09. The average molecular weight is 301 g/mol. The van der Waals surface area contributed by atoms with Gasteiger partial charge in [-0.05, 0) is 50.8 Å². The molecule has 2 heterocycles. The molecule has 2 amide bonds. The Labute approximate surface area is 133 Å². The molecule has 2 bridgehead atoms. The summed E-state index contributed by atoms with van der Waals surface area (Å²) in [7, 11) is 0. The fourth-order valence-electron chi connectivity index (χ4n) is 4.09. The monoisotopic (exact) mass is 301 g/mol. The van der Waals surface area contributed by atoms with Crippen LogP contribution >= 0.6 is 0 Å². The van der Waals surface area contributed by atoms with E-state index in [1.54, 1.807) is 0 Å². The van der Waals surface area contributed by atoms with Crippen molar-refractivity contribution >= 4 is 11.7 Å². The molecule has 2 N–H and O–H groups in total. The number of nitrogens with zero attached hydrogens (tertiary/aromatic N) is 1. The lowest BCUT2D eigenvalue weighted by Crippen LogP contribution is -2.57. The first kappa shape index (κ1) is 15.3. The quantitative estimate of drug-likeness (QED) is 0.892. The first-order valence-corrected chi connectivity index (χ1v) is 8.64. The normalized spacial score (nSPS) is 28.1. The molecule has 120 valence electrons.